The van der Waals surface area contributed by atoms with Crippen LogP contribution in [0.4, 0.5) is 5.00 Å². The van der Waals surface area contributed by atoms with Crippen molar-refractivity contribution in [1.29, 1.82) is 0 Å². The number of pyridine rings is 1. The zero-order valence-electron chi connectivity index (χ0n) is 16.9. The normalized spacial score (nSPS) is 12.9. The van der Waals surface area contributed by atoms with Gasteiger partial charge in [0.25, 0.3) is 11.8 Å². The lowest BCUT2D eigenvalue weighted by Crippen LogP contribution is -2.36. The first-order valence-corrected chi connectivity index (χ1v) is 12.0. The van der Waals surface area contributed by atoms with Crippen LogP contribution >= 0.6 is 34.7 Å². The van der Waals surface area contributed by atoms with Gasteiger partial charge in [0, 0.05) is 17.6 Å². The predicted octanol–water partition coefficient (Wildman–Crippen LogP) is 4.67. The third-order valence-electron chi connectivity index (χ3n) is 5.10. The molecule has 2 amide bonds. The molecule has 3 aromatic rings. The Bertz CT molecular complexity index is 1230. The molecule has 1 aliphatic rings. The molecule has 7 nitrogen and oxygen atoms in total. The lowest BCUT2D eigenvalue weighted by Gasteiger charge is -2.27. The number of hydrogen-bond donors (Lipinski definition) is 2. The van der Waals surface area contributed by atoms with Crippen LogP contribution < -0.4 is 5.32 Å². The van der Waals surface area contributed by atoms with Gasteiger partial charge in [-0.2, -0.15) is 0 Å². The number of hydrogen-bond acceptors (Lipinski definition) is 6. The largest absolute Gasteiger partial charge is 0.478 e. The van der Waals surface area contributed by atoms with Crippen LogP contribution in [-0.4, -0.2) is 45.6 Å². The lowest BCUT2D eigenvalue weighted by molar-refractivity contribution is 0.0696. The molecule has 2 N–H and O–H groups in total. The van der Waals surface area contributed by atoms with Crippen molar-refractivity contribution >= 4 is 57.5 Å². The number of carbonyl (C=O) groups excluding carboxylic acids is 2. The van der Waals surface area contributed by atoms with Crippen LogP contribution in [0.2, 0.25) is 5.02 Å². The maximum Gasteiger partial charge on any atom is 0.339 e. The van der Waals surface area contributed by atoms with E-state index in [1.165, 1.54) is 23.1 Å². The number of fused-ring (bicyclic) bond motifs is 1. The topological polar surface area (TPSA) is 99.6 Å². The Morgan fingerprint density at radius 2 is 1.94 bits per heavy atom. The van der Waals surface area contributed by atoms with Crippen LogP contribution in [-0.2, 0) is 13.0 Å². The number of carboxylic acids is 1. The molecule has 1 aliphatic heterocycles. The summed E-state index contributed by atoms with van der Waals surface area (Å²) >= 11 is 8.67. The van der Waals surface area contributed by atoms with Crippen LogP contribution in [0, 0.1) is 0 Å². The van der Waals surface area contributed by atoms with Gasteiger partial charge >= 0.3 is 5.97 Å². The van der Waals surface area contributed by atoms with E-state index >= 15 is 0 Å². The van der Waals surface area contributed by atoms with Crippen LogP contribution in [0.1, 0.15) is 41.5 Å². The van der Waals surface area contributed by atoms with E-state index in [1.54, 1.807) is 47.5 Å². The van der Waals surface area contributed by atoms with Crippen molar-refractivity contribution in [2.24, 2.45) is 0 Å². The fraction of sp³-hybridized carbons (Fsp3) is 0.182. The minimum atomic E-state index is -1.12. The number of rotatable bonds is 5. The van der Waals surface area contributed by atoms with Crippen molar-refractivity contribution in [3.63, 3.8) is 0 Å². The molecule has 0 saturated carbocycles. The first kappa shape index (κ1) is 22.3. The van der Waals surface area contributed by atoms with Crippen LogP contribution in [0.3, 0.4) is 0 Å². The number of carbonyl (C=O) groups is 3. The van der Waals surface area contributed by atoms with Crippen molar-refractivity contribution < 1.29 is 19.5 Å². The molecular formula is C22H18ClN3O4S2. The molecule has 3 heterocycles. The van der Waals surface area contributed by atoms with Gasteiger partial charge in [-0.25, -0.2) is 9.78 Å². The van der Waals surface area contributed by atoms with Gasteiger partial charge in [-0.3, -0.25) is 9.59 Å². The molecule has 164 valence electrons. The maximum absolute atomic E-state index is 13.1. The number of halogens is 1. The number of nitrogens with zero attached hydrogens (tertiary/aromatic N) is 2. The Balaban J connectivity index is 1.62. The third kappa shape index (κ3) is 4.23. The molecule has 0 radical (unpaired) electrons. The van der Waals surface area contributed by atoms with E-state index in [9.17, 15) is 19.5 Å². The average Bonchev–Trinajstić information content (AvgIpc) is 3.15. The van der Waals surface area contributed by atoms with Gasteiger partial charge in [-0.05, 0) is 42.5 Å². The second-order valence-electron chi connectivity index (χ2n) is 6.98. The number of thioether (sulfide) groups is 1. The number of aromatic carboxylic acids is 1. The summed E-state index contributed by atoms with van der Waals surface area (Å²) in [5.41, 5.74) is 1.50. The number of amides is 2. The van der Waals surface area contributed by atoms with E-state index in [4.69, 9.17) is 11.6 Å². The summed E-state index contributed by atoms with van der Waals surface area (Å²) in [5.74, 6) is -1.75. The van der Waals surface area contributed by atoms with E-state index in [0.29, 0.717) is 29.1 Å². The van der Waals surface area contributed by atoms with Crippen LogP contribution in [0.25, 0.3) is 0 Å². The summed E-state index contributed by atoms with van der Waals surface area (Å²) in [5, 5.41) is 13.7. The molecular weight excluding hydrogens is 470 g/mol. The predicted molar refractivity (Wildman–Crippen MR) is 125 cm³/mol. The van der Waals surface area contributed by atoms with E-state index in [2.05, 4.69) is 10.3 Å². The highest BCUT2D eigenvalue weighted by Gasteiger charge is 2.31. The lowest BCUT2D eigenvalue weighted by atomic mass is 10.0. The molecule has 0 bridgehead atoms. The van der Waals surface area contributed by atoms with Crippen LogP contribution in [0.5, 0.6) is 0 Å². The smallest absolute Gasteiger partial charge is 0.339 e. The summed E-state index contributed by atoms with van der Waals surface area (Å²) in [6, 6.07) is 10.0. The molecule has 32 heavy (non-hydrogen) atoms. The van der Waals surface area contributed by atoms with E-state index in [1.807, 2.05) is 6.26 Å². The Hall–Kier alpha value is -2.88. The highest BCUT2D eigenvalue weighted by molar-refractivity contribution is 7.98. The SMILES string of the molecule is CSc1ncccc1C(=O)N1CCc2c(sc(NC(=O)c3ccccc3Cl)c2C(=O)O)C1. The Labute approximate surface area is 197 Å². The molecule has 0 unspecified atom stereocenters. The number of carboxylic acid groups (broad SMARTS) is 1. The number of nitrogens with one attached hydrogen (secondary N) is 1. The number of thiophene rings is 1. The molecule has 0 spiro atoms. The molecule has 0 aliphatic carbocycles. The molecule has 0 atom stereocenters. The highest BCUT2D eigenvalue weighted by Crippen LogP contribution is 2.38. The van der Waals surface area contributed by atoms with E-state index in [-0.39, 0.29) is 33.6 Å². The second-order valence-corrected chi connectivity index (χ2v) is 9.29. The number of aromatic nitrogens is 1. The highest BCUT2D eigenvalue weighted by atomic mass is 35.5. The van der Waals surface area contributed by atoms with Gasteiger partial charge in [0.2, 0.25) is 0 Å². The van der Waals surface area contributed by atoms with Gasteiger partial charge in [-0.1, -0.05) is 23.7 Å². The number of anilines is 1. The Morgan fingerprint density at radius 1 is 1.19 bits per heavy atom. The van der Waals surface area contributed by atoms with Crippen LogP contribution in [0.15, 0.2) is 47.6 Å². The van der Waals surface area contributed by atoms with Gasteiger partial charge in [0.1, 0.15) is 10.0 Å². The van der Waals surface area contributed by atoms with Crippen molar-refractivity contribution in [3.05, 3.63) is 74.7 Å². The maximum atomic E-state index is 13.1. The van der Waals surface area contributed by atoms with E-state index in [0.717, 1.165) is 4.88 Å². The molecule has 0 fully saturated rings. The van der Waals surface area contributed by atoms with Gasteiger partial charge < -0.3 is 15.3 Å². The van der Waals surface area contributed by atoms with Crippen molar-refractivity contribution in [2.75, 3.05) is 18.1 Å². The third-order valence-corrected chi connectivity index (χ3v) is 7.27. The zero-order chi connectivity index (χ0) is 22.8. The minimum Gasteiger partial charge on any atom is -0.478 e. The fourth-order valence-electron chi connectivity index (χ4n) is 3.59. The summed E-state index contributed by atoms with van der Waals surface area (Å²) < 4.78 is 0. The quantitative estimate of drug-likeness (QED) is 0.507. The molecule has 1 aromatic carbocycles. The summed E-state index contributed by atoms with van der Waals surface area (Å²) in [6.45, 7) is 0.646. The van der Waals surface area contributed by atoms with Gasteiger partial charge in [0.15, 0.2) is 0 Å². The summed E-state index contributed by atoms with van der Waals surface area (Å²) in [4.78, 5) is 44.5. The van der Waals surface area contributed by atoms with Crippen molar-refractivity contribution in [3.8, 4) is 0 Å². The Kier molecular flexibility index (Phi) is 6.50. The first-order valence-electron chi connectivity index (χ1n) is 9.62. The van der Waals surface area contributed by atoms with E-state index < -0.39 is 11.9 Å². The minimum absolute atomic E-state index is 0.0729. The van der Waals surface area contributed by atoms with Crippen molar-refractivity contribution in [1.82, 2.24) is 9.88 Å². The number of benzene rings is 1. The first-order chi connectivity index (χ1) is 15.4. The molecule has 0 saturated heterocycles. The zero-order valence-corrected chi connectivity index (χ0v) is 19.3. The summed E-state index contributed by atoms with van der Waals surface area (Å²) in [7, 11) is 0. The fourth-order valence-corrected chi connectivity index (χ4v) is 5.61. The van der Waals surface area contributed by atoms with Gasteiger partial charge in [0.05, 0.1) is 28.3 Å². The second kappa shape index (κ2) is 9.32. The van der Waals surface area contributed by atoms with Crippen molar-refractivity contribution in [2.45, 2.75) is 18.0 Å². The standard InChI is InChI=1S/C22H18ClN3O4S2/c1-31-19-14(6-4-9-24-19)21(28)26-10-8-13-16(11-26)32-20(17(13)22(29)30)25-18(27)12-5-2-3-7-15(12)23/h2-7,9H,8,10-11H2,1H3,(H,25,27)(H,29,30). The molecule has 4 rings (SSSR count). The average molecular weight is 488 g/mol. The molecule has 2 aromatic heterocycles. The molecule has 10 heteroatoms. The van der Waals surface area contributed by atoms with Gasteiger partial charge in [-0.15, -0.1) is 23.1 Å². The Morgan fingerprint density at radius 3 is 2.66 bits per heavy atom. The summed E-state index contributed by atoms with van der Waals surface area (Å²) in [6.07, 6.45) is 3.89. The monoisotopic (exact) mass is 487 g/mol.